The van der Waals surface area contributed by atoms with Gasteiger partial charge in [-0.05, 0) is 44.4 Å². The molecule has 39 heavy (non-hydrogen) atoms. The van der Waals surface area contributed by atoms with Gasteiger partial charge in [0.05, 0.1) is 23.9 Å². The fourth-order valence-electron chi connectivity index (χ4n) is 11.3. The highest BCUT2D eigenvalue weighted by atomic mass is 16.6. The molecule has 7 rings (SSSR count). The van der Waals surface area contributed by atoms with Gasteiger partial charge in [0, 0.05) is 75.1 Å². The standard InChI is InChI=1S/C30H42N2O7/c1-5-32-15-27(39-26(33)16-8-6-7-9-19(16)31)11-10-23(37-3)29-21(27)13-18(24(29)32)28(34)14-20(36-2)17-12-22(29)30(28,35)25(17)38-4/h6-9,17-18,20-25,34-35H,5,10-15,31H2,1-4H3/t17-,18-,20+,21?,22+,23?,24?,25?,27-,28+,29?,30+/m1/s1. The molecule has 1 spiro atoms. The lowest BCUT2D eigenvalue weighted by atomic mass is 9.44. The normalized spacial score (nSPS) is 51.1. The maximum absolute atomic E-state index is 13.7. The number of ether oxygens (including phenoxy) is 4. The average molecular weight is 543 g/mol. The number of esters is 1. The number of carbonyl (C=O) groups excluding carboxylic acids is 1. The first-order valence-corrected chi connectivity index (χ1v) is 14.5. The molecule has 1 saturated heterocycles. The Hall–Kier alpha value is -1.75. The van der Waals surface area contributed by atoms with Crippen molar-refractivity contribution in [2.45, 2.75) is 80.2 Å². The molecule has 6 fully saturated rings. The van der Waals surface area contributed by atoms with E-state index in [1.54, 1.807) is 39.5 Å². The third-order valence-electron chi connectivity index (χ3n) is 12.4. The van der Waals surface area contributed by atoms with Crippen LogP contribution in [0.1, 0.15) is 49.4 Å². The van der Waals surface area contributed by atoms with E-state index >= 15 is 0 Å². The van der Waals surface area contributed by atoms with Crippen molar-refractivity contribution in [1.29, 1.82) is 0 Å². The zero-order chi connectivity index (χ0) is 27.5. The summed E-state index contributed by atoms with van der Waals surface area (Å²) in [5, 5.41) is 25.6. The van der Waals surface area contributed by atoms with Gasteiger partial charge in [0.1, 0.15) is 16.8 Å². The molecule has 1 aliphatic heterocycles. The van der Waals surface area contributed by atoms with Crippen molar-refractivity contribution < 1.29 is 34.0 Å². The first-order chi connectivity index (χ1) is 18.7. The third kappa shape index (κ3) is 2.80. The highest BCUT2D eigenvalue weighted by Gasteiger charge is 2.89. The molecule has 7 bridgehead atoms. The molecule has 0 radical (unpaired) electrons. The van der Waals surface area contributed by atoms with Crippen molar-refractivity contribution in [3.8, 4) is 0 Å². The first kappa shape index (κ1) is 26.2. The number of aliphatic hydroxyl groups is 2. The predicted octanol–water partition coefficient (Wildman–Crippen LogP) is 1.85. The Morgan fingerprint density at radius 3 is 2.54 bits per heavy atom. The number of anilines is 1. The van der Waals surface area contributed by atoms with Crippen molar-refractivity contribution in [1.82, 2.24) is 4.90 Å². The van der Waals surface area contributed by atoms with Gasteiger partial charge in [0.15, 0.2) is 0 Å². The molecule has 0 amide bonds. The minimum absolute atomic E-state index is 0.00601. The van der Waals surface area contributed by atoms with Gasteiger partial charge in [0.2, 0.25) is 0 Å². The SMILES string of the molecule is CCN1C[C@]2(OC(=O)c3ccccc3N)CCC(OC)C34C1[C@@H](CC32)[C@@]1(O)C[C@H](OC)[C@H]2C[C@@H]4[C@]1(O)C2OC. The topological polar surface area (TPSA) is 124 Å². The Morgan fingerprint density at radius 1 is 1.10 bits per heavy atom. The van der Waals surface area contributed by atoms with E-state index in [4.69, 9.17) is 24.7 Å². The van der Waals surface area contributed by atoms with Crippen LogP contribution in [0.4, 0.5) is 5.69 Å². The quantitative estimate of drug-likeness (QED) is 0.365. The van der Waals surface area contributed by atoms with Gasteiger partial charge >= 0.3 is 5.97 Å². The number of nitrogens with two attached hydrogens (primary N) is 1. The van der Waals surface area contributed by atoms with Crippen LogP contribution in [0, 0.1) is 29.1 Å². The molecular formula is C30H42N2O7. The zero-order valence-corrected chi connectivity index (χ0v) is 23.3. The van der Waals surface area contributed by atoms with E-state index in [-0.39, 0.29) is 41.9 Å². The van der Waals surface area contributed by atoms with Gasteiger partial charge in [-0.15, -0.1) is 0 Å². The number of nitrogens with zero attached hydrogens (tertiary/aromatic N) is 1. The lowest BCUT2D eigenvalue weighted by Crippen LogP contribution is -2.83. The summed E-state index contributed by atoms with van der Waals surface area (Å²) in [5.74, 6) is -1.06. The number of piperidine rings is 1. The maximum Gasteiger partial charge on any atom is 0.340 e. The molecule has 214 valence electrons. The van der Waals surface area contributed by atoms with Crippen LogP contribution in [0.2, 0.25) is 0 Å². The van der Waals surface area contributed by atoms with E-state index in [0.29, 0.717) is 49.9 Å². The number of carbonyl (C=O) groups is 1. The molecule has 5 unspecified atom stereocenters. The molecular weight excluding hydrogens is 500 g/mol. The van der Waals surface area contributed by atoms with Crippen LogP contribution in [-0.2, 0) is 18.9 Å². The van der Waals surface area contributed by atoms with Crippen LogP contribution < -0.4 is 5.73 Å². The smallest absolute Gasteiger partial charge is 0.340 e. The number of likely N-dealkylation sites (N-methyl/N-ethyl adjacent to an activating group) is 1. The monoisotopic (exact) mass is 542 g/mol. The Kier molecular flexibility index (Phi) is 5.63. The van der Waals surface area contributed by atoms with Gasteiger partial charge < -0.3 is 34.9 Å². The van der Waals surface area contributed by atoms with Crippen molar-refractivity contribution in [2.75, 3.05) is 40.2 Å². The molecule has 1 heterocycles. The van der Waals surface area contributed by atoms with Gasteiger partial charge in [-0.1, -0.05) is 19.1 Å². The summed E-state index contributed by atoms with van der Waals surface area (Å²) in [7, 11) is 5.09. The molecule has 4 N–H and O–H groups in total. The van der Waals surface area contributed by atoms with E-state index in [1.165, 1.54) is 0 Å². The Morgan fingerprint density at radius 2 is 1.87 bits per heavy atom. The maximum atomic E-state index is 13.7. The summed E-state index contributed by atoms with van der Waals surface area (Å²) >= 11 is 0. The molecule has 5 saturated carbocycles. The lowest BCUT2D eigenvalue weighted by Gasteiger charge is -2.70. The number of para-hydroxylation sites is 1. The first-order valence-electron chi connectivity index (χ1n) is 14.5. The van der Waals surface area contributed by atoms with Crippen LogP contribution in [0.3, 0.4) is 0 Å². The summed E-state index contributed by atoms with van der Waals surface area (Å²) in [6.45, 7) is 3.47. The fourth-order valence-corrected chi connectivity index (χ4v) is 11.3. The van der Waals surface area contributed by atoms with Gasteiger partial charge in [-0.3, -0.25) is 4.90 Å². The van der Waals surface area contributed by atoms with E-state index in [1.807, 2.05) is 6.07 Å². The summed E-state index contributed by atoms with van der Waals surface area (Å²) in [6, 6.07) is 7.04. The Bertz CT molecular complexity index is 1180. The van der Waals surface area contributed by atoms with E-state index in [0.717, 1.165) is 6.54 Å². The summed E-state index contributed by atoms with van der Waals surface area (Å²) < 4.78 is 24.9. The molecule has 6 aliphatic rings. The number of hydrogen-bond acceptors (Lipinski definition) is 9. The molecule has 9 nitrogen and oxygen atoms in total. The average Bonchev–Trinajstić information content (AvgIpc) is 3.35. The van der Waals surface area contributed by atoms with Gasteiger partial charge in [-0.25, -0.2) is 4.79 Å². The number of benzene rings is 1. The number of likely N-dealkylation sites (tertiary alicyclic amines) is 1. The number of rotatable bonds is 6. The second kappa shape index (κ2) is 8.39. The minimum atomic E-state index is -1.44. The van der Waals surface area contributed by atoms with E-state index in [2.05, 4.69) is 11.8 Å². The van der Waals surface area contributed by atoms with Crippen LogP contribution >= 0.6 is 0 Å². The van der Waals surface area contributed by atoms with Crippen LogP contribution in [0.15, 0.2) is 24.3 Å². The molecule has 5 aliphatic carbocycles. The fraction of sp³-hybridized carbons (Fsp3) is 0.767. The number of fused-ring (bicyclic) bond motifs is 2. The number of nitrogen functional groups attached to an aromatic ring is 1. The molecule has 12 atom stereocenters. The van der Waals surface area contributed by atoms with Gasteiger partial charge in [-0.2, -0.15) is 0 Å². The number of hydrogen-bond donors (Lipinski definition) is 3. The molecule has 1 aromatic rings. The predicted molar refractivity (Wildman–Crippen MR) is 142 cm³/mol. The summed E-state index contributed by atoms with van der Waals surface area (Å²) in [5.41, 5.74) is 2.84. The Labute approximate surface area is 229 Å². The van der Waals surface area contributed by atoms with Crippen molar-refractivity contribution in [2.24, 2.45) is 29.1 Å². The van der Waals surface area contributed by atoms with E-state index < -0.39 is 34.3 Å². The number of methoxy groups -OCH3 is 3. The lowest BCUT2D eigenvalue weighted by molar-refractivity contribution is -0.337. The second-order valence-electron chi connectivity index (χ2n) is 13.0. The van der Waals surface area contributed by atoms with Crippen molar-refractivity contribution in [3.63, 3.8) is 0 Å². The Balaban J connectivity index is 1.42. The molecule has 1 aromatic carbocycles. The zero-order valence-electron chi connectivity index (χ0n) is 23.3. The van der Waals surface area contributed by atoms with Crippen molar-refractivity contribution >= 4 is 11.7 Å². The van der Waals surface area contributed by atoms with E-state index in [9.17, 15) is 15.0 Å². The van der Waals surface area contributed by atoms with Crippen molar-refractivity contribution in [3.05, 3.63) is 29.8 Å². The van der Waals surface area contributed by atoms with Crippen LogP contribution in [0.5, 0.6) is 0 Å². The third-order valence-corrected chi connectivity index (χ3v) is 12.4. The highest BCUT2D eigenvalue weighted by molar-refractivity contribution is 5.95. The minimum Gasteiger partial charge on any atom is -0.454 e. The largest absolute Gasteiger partial charge is 0.454 e. The highest BCUT2D eigenvalue weighted by Crippen LogP contribution is 2.79. The van der Waals surface area contributed by atoms with Crippen LogP contribution in [0.25, 0.3) is 0 Å². The second-order valence-corrected chi connectivity index (χ2v) is 13.0. The van der Waals surface area contributed by atoms with Crippen LogP contribution in [-0.4, -0.2) is 96.7 Å². The molecule has 9 heteroatoms. The van der Waals surface area contributed by atoms with Gasteiger partial charge in [0.25, 0.3) is 0 Å². The summed E-state index contributed by atoms with van der Waals surface area (Å²) in [4.78, 5) is 16.1. The molecule has 0 aromatic heterocycles. The summed E-state index contributed by atoms with van der Waals surface area (Å²) in [6.07, 6.45) is 2.17.